The molecule has 6 nitrogen and oxygen atoms in total. The highest BCUT2D eigenvalue weighted by Crippen LogP contribution is 2.24. The second kappa shape index (κ2) is 5.04. The zero-order valence-electron chi connectivity index (χ0n) is 8.64. The SMILES string of the molecule is CC(C)C(N)CNc1ncc([N+](=O)[O-])s1. The van der Waals surface area contributed by atoms with Gasteiger partial charge in [-0.3, -0.25) is 10.1 Å². The third-order valence-electron chi connectivity index (χ3n) is 2.02. The molecule has 0 aliphatic carbocycles. The third kappa shape index (κ3) is 3.45. The lowest BCUT2D eigenvalue weighted by Crippen LogP contribution is -2.33. The number of nitrogens with one attached hydrogen (secondary N) is 1. The van der Waals surface area contributed by atoms with Crippen molar-refractivity contribution in [2.45, 2.75) is 19.9 Å². The van der Waals surface area contributed by atoms with Crippen LogP contribution in [0.2, 0.25) is 0 Å². The monoisotopic (exact) mass is 230 g/mol. The average Bonchev–Trinajstić information content (AvgIpc) is 2.62. The van der Waals surface area contributed by atoms with Crippen molar-refractivity contribution in [2.24, 2.45) is 11.7 Å². The van der Waals surface area contributed by atoms with Crippen LogP contribution in [-0.4, -0.2) is 22.5 Å². The van der Waals surface area contributed by atoms with Crippen molar-refractivity contribution in [2.75, 3.05) is 11.9 Å². The maximum atomic E-state index is 10.4. The Labute approximate surface area is 91.7 Å². The van der Waals surface area contributed by atoms with Crippen LogP contribution in [0.4, 0.5) is 10.1 Å². The first-order chi connectivity index (χ1) is 7.00. The Balaban J connectivity index is 2.48. The van der Waals surface area contributed by atoms with E-state index >= 15 is 0 Å². The van der Waals surface area contributed by atoms with E-state index in [-0.39, 0.29) is 11.0 Å². The summed E-state index contributed by atoms with van der Waals surface area (Å²) in [6.45, 7) is 4.62. The lowest BCUT2D eigenvalue weighted by molar-refractivity contribution is -0.380. The van der Waals surface area contributed by atoms with Crippen molar-refractivity contribution in [1.29, 1.82) is 0 Å². The summed E-state index contributed by atoms with van der Waals surface area (Å²) in [5.41, 5.74) is 5.81. The highest BCUT2D eigenvalue weighted by molar-refractivity contribution is 7.18. The summed E-state index contributed by atoms with van der Waals surface area (Å²) in [7, 11) is 0. The number of nitrogens with zero attached hydrogens (tertiary/aromatic N) is 2. The Bertz CT molecular complexity index is 339. The standard InChI is InChI=1S/C8H14N4O2S/c1-5(2)6(9)3-10-8-11-4-7(15-8)12(13)14/h4-6H,3,9H2,1-2H3,(H,10,11). The molecule has 0 radical (unpaired) electrons. The summed E-state index contributed by atoms with van der Waals surface area (Å²) >= 11 is 1.02. The van der Waals surface area contributed by atoms with Crippen LogP contribution >= 0.6 is 11.3 Å². The maximum absolute atomic E-state index is 10.4. The van der Waals surface area contributed by atoms with E-state index in [1.807, 2.05) is 13.8 Å². The summed E-state index contributed by atoms with van der Waals surface area (Å²) < 4.78 is 0. The van der Waals surface area contributed by atoms with Crippen LogP contribution in [0.1, 0.15) is 13.8 Å². The molecule has 1 heterocycles. The molecule has 0 aliphatic rings. The molecule has 0 fully saturated rings. The molecule has 1 rings (SSSR count). The molecule has 0 spiro atoms. The molecular formula is C8H14N4O2S. The van der Waals surface area contributed by atoms with Gasteiger partial charge in [-0.25, -0.2) is 4.98 Å². The Morgan fingerprint density at radius 3 is 2.87 bits per heavy atom. The third-order valence-corrected chi connectivity index (χ3v) is 2.93. The van der Waals surface area contributed by atoms with E-state index in [4.69, 9.17) is 5.73 Å². The van der Waals surface area contributed by atoms with Crippen LogP contribution in [0, 0.1) is 16.0 Å². The molecule has 1 unspecified atom stereocenters. The summed E-state index contributed by atoms with van der Waals surface area (Å²) in [6, 6.07) is 0.0213. The first kappa shape index (κ1) is 11.9. The van der Waals surface area contributed by atoms with Gasteiger partial charge in [-0.2, -0.15) is 0 Å². The molecule has 0 aromatic carbocycles. The number of hydrogen-bond acceptors (Lipinski definition) is 6. The lowest BCUT2D eigenvalue weighted by atomic mass is 10.1. The Morgan fingerprint density at radius 1 is 1.73 bits per heavy atom. The largest absolute Gasteiger partial charge is 0.360 e. The van der Waals surface area contributed by atoms with Crippen LogP contribution < -0.4 is 11.1 Å². The average molecular weight is 230 g/mol. The fourth-order valence-corrected chi connectivity index (χ4v) is 1.51. The zero-order valence-corrected chi connectivity index (χ0v) is 9.45. The van der Waals surface area contributed by atoms with Crippen LogP contribution in [0.25, 0.3) is 0 Å². The van der Waals surface area contributed by atoms with Gasteiger partial charge < -0.3 is 11.1 Å². The van der Waals surface area contributed by atoms with Crippen molar-refractivity contribution in [3.63, 3.8) is 0 Å². The molecular weight excluding hydrogens is 216 g/mol. The molecule has 0 amide bonds. The number of rotatable bonds is 5. The fraction of sp³-hybridized carbons (Fsp3) is 0.625. The van der Waals surface area contributed by atoms with Gasteiger partial charge in [0.15, 0.2) is 5.13 Å². The van der Waals surface area contributed by atoms with E-state index in [2.05, 4.69) is 10.3 Å². The molecule has 1 atom stereocenters. The van der Waals surface area contributed by atoms with Gasteiger partial charge in [0.25, 0.3) is 0 Å². The molecule has 0 saturated carbocycles. The van der Waals surface area contributed by atoms with Crippen molar-refractivity contribution < 1.29 is 4.92 Å². The van der Waals surface area contributed by atoms with Gasteiger partial charge in [0.1, 0.15) is 6.20 Å². The topological polar surface area (TPSA) is 94.1 Å². The number of thiazole rings is 1. The van der Waals surface area contributed by atoms with Gasteiger partial charge in [0, 0.05) is 12.6 Å². The molecule has 84 valence electrons. The second-order valence-corrected chi connectivity index (χ2v) is 4.56. The normalized spacial score (nSPS) is 12.8. The lowest BCUT2D eigenvalue weighted by Gasteiger charge is -2.15. The van der Waals surface area contributed by atoms with Crippen molar-refractivity contribution in [3.8, 4) is 0 Å². The zero-order chi connectivity index (χ0) is 11.4. The number of anilines is 1. The van der Waals surface area contributed by atoms with Gasteiger partial charge in [0.2, 0.25) is 0 Å². The second-order valence-electron chi connectivity index (χ2n) is 3.55. The Morgan fingerprint density at radius 2 is 2.40 bits per heavy atom. The van der Waals surface area contributed by atoms with Gasteiger partial charge >= 0.3 is 5.00 Å². The minimum absolute atomic E-state index is 0.0213. The minimum atomic E-state index is -0.453. The smallest absolute Gasteiger partial charge is 0.345 e. The summed E-state index contributed by atoms with van der Waals surface area (Å²) in [5.74, 6) is 0.368. The van der Waals surface area contributed by atoms with E-state index < -0.39 is 4.92 Å². The highest BCUT2D eigenvalue weighted by Gasteiger charge is 2.12. The highest BCUT2D eigenvalue weighted by atomic mass is 32.1. The van der Waals surface area contributed by atoms with E-state index in [1.165, 1.54) is 6.20 Å². The Hall–Kier alpha value is -1.21. The van der Waals surface area contributed by atoms with Crippen LogP contribution in [-0.2, 0) is 0 Å². The predicted octanol–water partition coefficient (Wildman–Crippen LogP) is 1.45. The van der Waals surface area contributed by atoms with Gasteiger partial charge in [-0.1, -0.05) is 13.8 Å². The van der Waals surface area contributed by atoms with Crippen LogP contribution in [0.5, 0.6) is 0 Å². The first-order valence-electron chi connectivity index (χ1n) is 4.60. The molecule has 0 aliphatic heterocycles. The molecule has 1 aromatic rings. The minimum Gasteiger partial charge on any atom is -0.360 e. The first-order valence-corrected chi connectivity index (χ1v) is 5.42. The quantitative estimate of drug-likeness (QED) is 0.589. The molecule has 7 heteroatoms. The van der Waals surface area contributed by atoms with E-state index in [9.17, 15) is 10.1 Å². The number of nitro groups is 1. The summed E-state index contributed by atoms with van der Waals surface area (Å²) in [6.07, 6.45) is 1.24. The van der Waals surface area contributed by atoms with E-state index in [0.717, 1.165) is 11.3 Å². The van der Waals surface area contributed by atoms with Crippen LogP contribution in [0.15, 0.2) is 6.20 Å². The molecule has 1 aromatic heterocycles. The maximum Gasteiger partial charge on any atom is 0.345 e. The molecule has 15 heavy (non-hydrogen) atoms. The van der Waals surface area contributed by atoms with Crippen LogP contribution in [0.3, 0.4) is 0 Å². The fourth-order valence-electron chi connectivity index (χ4n) is 0.873. The number of nitrogens with two attached hydrogens (primary N) is 1. The van der Waals surface area contributed by atoms with Gasteiger partial charge in [-0.15, -0.1) is 0 Å². The number of hydrogen-bond donors (Lipinski definition) is 2. The van der Waals surface area contributed by atoms with Crippen molar-refractivity contribution in [1.82, 2.24) is 4.98 Å². The van der Waals surface area contributed by atoms with Gasteiger partial charge in [-0.05, 0) is 17.3 Å². The predicted molar refractivity (Wildman–Crippen MR) is 60.1 cm³/mol. The van der Waals surface area contributed by atoms with Crippen molar-refractivity contribution in [3.05, 3.63) is 16.3 Å². The van der Waals surface area contributed by atoms with Crippen molar-refractivity contribution >= 4 is 21.5 Å². The number of aromatic nitrogens is 1. The molecule has 0 saturated heterocycles. The Kier molecular flexibility index (Phi) is 3.98. The van der Waals surface area contributed by atoms with E-state index in [0.29, 0.717) is 17.6 Å². The molecule has 3 N–H and O–H groups in total. The van der Waals surface area contributed by atoms with Gasteiger partial charge in [0.05, 0.1) is 4.92 Å². The molecule has 0 bridgehead atoms. The summed E-state index contributed by atoms with van der Waals surface area (Å²) in [4.78, 5) is 13.8. The summed E-state index contributed by atoms with van der Waals surface area (Å²) in [5, 5.41) is 13.9. The van der Waals surface area contributed by atoms with E-state index in [1.54, 1.807) is 0 Å².